The van der Waals surface area contributed by atoms with E-state index in [-0.39, 0.29) is 0 Å². The summed E-state index contributed by atoms with van der Waals surface area (Å²) in [4.78, 5) is 4.24. The lowest BCUT2D eigenvalue weighted by Gasteiger charge is -1.95. The third-order valence-electron chi connectivity index (χ3n) is 2.05. The van der Waals surface area contributed by atoms with Crippen molar-refractivity contribution in [2.24, 2.45) is 7.05 Å². The Morgan fingerprint density at radius 1 is 1.31 bits per heavy atom. The summed E-state index contributed by atoms with van der Waals surface area (Å²) in [6.07, 6.45) is 1.82. The van der Waals surface area contributed by atoms with Crippen LogP contribution >= 0.6 is 0 Å². The monoisotopic (exact) mass is 176 g/mol. The summed E-state index contributed by atoms with van der Waals surface area (Å²) in [6.45, 7) is 6.08. The maximum atomic E-state index is 4.24. The Hall–Kier alpha value is -1.31. The van der Waals surface area contributed by atoms with Crippen LogP contribution in [0.1, 0.15) is 19.5 Å². The summed E-state index contributed by atoms with van der Waals surface area (Å²) in [6, 6.07) is 6.13. The molecule has 2 heteroatoms. The van der Waals surface area contributed by atoms with Gasteiger partial charge in [0.15, 0.2) is 0 Å². The van der Waals surface area contributed by atoms with Crippen LogP contribution in [-0.2, 0) is 7.05 Å². The normalized spacial score (nSPS) is 9.54. The van der Waals surface area contributed by atoms with Gasteiger partial charge in [-0.3, -0.25) is 4.98 Å². The number of fused-ring (bicyclic) bond motifs is 1. The van der Waals surface area contributed by atoms with E-state index in [1.165, 1.54) is 11.2 Å². The van der Waals surface area contributed by atoms with Gasteiger partial charge in [0.05, 0.1) is 11.0 Å². The summed E-state index contributed by atoms with van der Waals surface area (Å²) in [7, 11) is 2.05. The Labute approximate surface area is 79.2 Å². The van der Waals surface area contributed by atoms with Crippen LogP contribution in [0.15, 0.2) is 24.4 Å². The SMILES string of the molecule is CC.Cc1cc2ncccc2n1C. The molecule has 0 radical (unpaired) electrons. The molecule has 0 aliphatic rings. The molecule has 0 amide bonds. The number of aryl methyl sites for hydroxylation is 2. The van der Waals surface area contributed by atoms with E-state index in [9.17, 15) is 0 Å². The summed E-state index contributed by atoms with van der Waals surface area (Å²) in [5.74, 6) is 0. The summed E-state index contributed by atoms with van der Waals surface area (Å²) < 4.78 is 2.14. The minimum atomic E-state index is 1.08. The first-order chi connectivity index (χ1) is 6.29. The zero-order valence-electron chi connectivity index (χ0n) is 8.70. The lowest BCUT2D eigenvalue weighted by molar-refractivity contribution is 0.918. The molecule has 2 rings (SSSR count). The van der Waals surface area contributed by atoms with Crippen molar-refractivity contribution >= 4 is 11.0 Å². The van der Waals surface area contributed by atoms with Crippen molar-refractivity contribution < 1.29 is 0 Å². The maximum absolute atomic E-state index is 4.24. The van der Waals surface area contributed by atoms with Gasteiger partial charge < -0.3 is 4.57 Å². The zero-order chi connectivity index (χ0) is 9.84. The Bertz CT molecular complexity index is 388. The molecule has 0 bridgehead atoms. The Morgan fingerprint density at radius 2 is 2.00 bits per heavy atom. The number of rotatable bonds is 0. The molecule has 70 valence electrons. The predicted molar refractivity (Wildman–Crippen MR) is 56.8 cm³/mol. The molecule has 0 aliphatic heterocycles. The smallest absolute Gasteiger partial charge is 0.0883 e. The molecule has 0 aromatic carbocycles. The highest BCUT2D eigenvalue weighted by Gasteiger charge is 1.99. The molecular weight excluding hydrogens is 160 g/mol. The molecule has 2 nitrogen and oxygen atoms in total. The lowest BCUT2D eigenvalue weighted by atomic mass is 10.4. The van der Waals surface area contributed by atoms with Gasteiger partial charge in [-0.05, 0) is 25.1 Å². The molecule has 2 aromatic rings. The van der Waals surface area contributed by atoms with Crippen LogP contribution in [0.25, 0.3) is 11.0 Å². The van der Waals surface area contributed by atoms with Crippen molar-refractivity contribution in [3.8, 4) is 0 Å². The van der Waals surface area contributed by atoms with Crippen LogP contribution in [0, 0.1) is 6.92 Å². The van der Waals surface area contributed by atoms with Crippen LogP contribution in [-0.4, -0.2) is 9.55 Å². The molecule has 0 fully saturated rings. The molecule has 0 spiro atoms. The van der Waals surface area contributed by atoms with Crippen molar-refractivity contribution in [2.45, 2.75) is 20.8 Å². The first-order valence-electron chi connectivity index (χ1n) is 4.66. The van der Waals surface area contributed by atoms with Crippen molar-refractivity contribution in [1.29, 1.82) is 0 Å². The Balaban J connectivity index is 0.000000396. The van der Waals surface area contributed by atoms with Gasteiger partial charge in [-0.2, -0.15) is 0 Å². The lowest BCUT2D eigenvalue weighted by Crippen LogP contribution is -1.88. The number of nitrogens with zero attached hydrogens (tertiary/aromatic N) is 2. The number of hydrogen-bond donors (Lipinski definition) is 0. The minimum Gasteiger partial charge on any atom is -0.347 e. The average molecular weight is 176 g/mol. The highest BCUT2D eigenvalue weighted by molar-refractivity contribution is 5.76. The average Bonchev–Trinajstić information content (AvgIpc) is 2.47. The van der Waals surface area contributed by atoms with Crippen LogP contribution < -0.4 is 0 Å². The fourth-order valence-corrected chi connectivity index (χ4v) is 1.29. The van der Waals surface area contributed by atoms with Crippen LogP contribution in [0.3, 0.4) is 0 Å². The van der Waals surface area contributed by atoms with Gasteiger partial charge in [0.25, 0.3) is 0 Å². The van der Waals surface area contributed by atoms with Gasteiger partial charge in [-0.25, -0.2) is 0 Å². The largest absolute Gasteiger partial charge is 0.347 e. The molecule has 13 heavy (non-hydrogen) atoms. The van der Waals surface area contributed by atoms with E-state index in [1.807, 2.05) is 26.1 Å². The first kappa shape index (κ1) is 9.78. The van der Waals surface area contributed by atoms with Gasteiger partial charge in [0.2, 0.25) is 0 Å². The van der Waals surface area contributed by atoms with Crippen molar-refractivity contribution in [3.05, 3.63) is 30.1 Å². The maximum Gasteiger partial charge on any atom is 0.0883 e. The van der Waals surface area contributed by atoms with Gasteiger partial charge in [0, 0.05) is 18.9 Å². The van der Waals surface area contributed by atoms with E-state index in [4.69, 9.17) is 0 Å². The molecule has 2 heterocycles. The van der Waals surface area contributed by atoms with Crippen molar-refractivity contribution in [2.75, 3.05) is 0 Å². The first-order valence-corrected chi connectivity index (χ1v) is 4.66. The standard InChI is InChI=1S/C9H10N2.C2H6/c1-7-6-8-9(11(7)2)4-3-5-10-8;1-2/h3-6H,1-2H3;1-2H3. The van der Waals surface area contributed by atoms with E-state index in [0.29, 0.717) is 0 Å². The van der Waals surface area contributed by atoms with Crippen LogP contribution in [0.5, 0.6) is 0 Å². The van der Waals surface area contributed by atoms with Crippen molar-refractivity contribution in [3.63, 3.8) is 0 Å². The van der Waals surface area contributed by atoms with Gasteiger partial charge >= 0.3 is 0 Å². The molecule has 0 unspecified atom stereocenters. The van der Waals surface area contributed by atoms with Gasteiger partial charge in [0.1, 0.15) is 0 Å². The zero-order valence-corrected chi connectivity index (χ0v) is 8.70. The molecule has 2 aromatic heterocycles. The molecule has 0 aliphatic carbocycles. The molecule has 0 saturated carbocycles. The fraction of sp³-hybridized carbons (Fsp3) is 0.364. The molecule has 0 saturated heterocycles. The van der Waals surface area contributed by atoms with Crippen molar-refractivity contribution in [1.82, 2.24) is 9.55 Å². The van der Waals surface area contributed by atoms with E-state index in [1.54, 1.807) is 0 Å². The molecule has 0 N–H and O–H groups in total. The summed E-state index contributed by atoms with van der Waals surface area (Å²) in [5.41, 5.74) is 3.52. The topological polar surface area (TPSA) is 17.8 Å². The Morgan fingerprint density at radius 3 is 2.62 bits per heavy atom. The second-order valence-corrected chi connectivity index (χ2v) is 2.75. The second-order valence-electron chi connectivity index (χ2n) is 2.75. The van der Waals surface area contributed by atoms with Gasteiger partial charge in [-0.1, -0.05) is 13.8 Å². The van der Waals surface area contributed by atoms with E-state index >= 15 is 0 Å². The number of aromatic nitrogens is 2. The number of hydrogen-bond acceptors (Lipinski definition) is 1. The third-order valence-corrected chi connectivity index (χ3v) is 2.05. The highest BCUT2D eigenvalue weighted by atomic mass is 15.0. The van der Waals surface area contributed by atoms with Crippen LogP contribution in [0.4, 0.5) is 0 Å². The Kier molecular flexibility index (Phi) is 3.07. The van der Waals surface area contributed by atoms with Gasteiger partial charge in [-0.15, -0.1) is 0 Å². The summed E-state index contributed by atoms with van der Waals surface area (Å²) in [5, 5.41) is 0. The van der Waals surface area contributed by atoms with Crippen LogP contribution in [0.2, 0.25) is 0 Å². The predicted octanol–water partition coefficient (Wildman–Crippen LogP) is 2.91. The minimum absolute atomic E-state index is 1.08. The quantitative estimate of drug-likeness (QED) is 0.603. The highest BCUT2D eigenvalue weighted by Crippen LogP contribution is 2.14. The molecular formula is C11H16N2. The van der Waals surface area contributed by atoms with E-state index in [0.717, 1.165) is 5.52 Å². The van der Waals surface area contributed by atoms with E-state index in [2.05, 4.69) is 35.7 Å². The second kappa shape index (κ2) is 4.08. The third kappa shape index (κ3) is 1.72. The summed E-state index contributed by atoms with van der Waals surface area (Å²) >= 11 is 0. The molecule has 0 atom stereocenters. The fourth-order valence-electron chi connectivity index (χ4n) is 1.29. The number of pyridine rings is 1. The van der Waals surface area contributed by atoms with E-state index < -0.39 is 0 Å².